The number of alkyl halides is 1. The SMILES string of the molecule is O=C1Nc2ccc(CCCl)cc2C1=Cc1cccc([N+](=O)[O-])c1. The van der Waals surface area contributed by atoms with Crippen molar-refractivity contribution >= 4 is 40.5 Å². The van der Waals surface area contributed by atoms with E-state index >= 15 is 0 Å². The molecule has 1 heterocycles. The van der Waals surface area contributed by atoms with E-state index in [1.54, 1.807) is 18.2 Å². The number of rotatable bonds is 4. The fourth-order valence-corrected chi connectivity index (χ4v) is 2.76. The molecule has 116 valence electrons. The minimum Gasteiger partial charge on any atom is -0.321 e. The third kappa shape index (κ3) is 3.10. The van der Waals surface area contributed by atoms with Gasteiger partial charge in [0, 0.05) is 34.8 Å². The number of hydrogen-bond donors (Lipinski definition) is 1. The van der Waals surface area contributed by atoms with E-state index < -0.39 is 4.92 Å². The molecule has 1 N–H and O–H groups in total. The minimum absolute atomic E-state index is 0.00568. The summed E-state index contributed by atoms with van der Waals surface area (Å²) in [6.45, 7) is 0. The molecule has 3 rings (SSSR count). The maximum Gasteiger partial charge on any atom is 0.270 e. The van der Waals surface area contributed by atoms with Gasteiger partial charge in [0.25, 0.3) is 11.6 Å². The van der Waals surface area contributed by atoms with Crippen LogP contribution in [0.15, 0.2) is 42.5 Å². The van der Waals surface area contributed by atoms with E-state index in [2.05, 4.69) is 5.32 Å². The highest BCUT2D eigenvalue weighted by Crippen LogP contribution is 2.34. The van der Waals surface area contributed by atoms with Gasteiger partial charge in [-0.25, -0.2) is 0 Å². The summed E-state index contributed by atoms with van der Waals surface area (Å²) in [5.74, 6) is 0.291. The Morgan fingerprint density at radius 2 is 2.04 bits per heavy atom. The fraction of sp³-hybridized carbons (Fsp3) is 0.118. The van der Waals surface area contributed by atoms with Crippen LogP contribution in [0, 0.1) is 10.1 Å². The zero-order chi connectivity index (χ0) is 16.4. The molecule has 0 atom stereocenters. The highest BCUT2D eigenvalue weighted by molar-refractivity contribution is 6.35. The van der Waals surface area contributed by atoms with Gasteiger partial charge in [-0.05, 0) is 35.8 Å². The van der Waals surface area contributed by atoms with Crippen LogP contribution in [0.25, 0.3) is 11.6 Å². The zero-order valence-electron chi connectivity index (χ0n) is 12.1. The summed E-state index contributed by atoms with van der Waals surface area (Å²) in [6.07, 6.45) is 2.38. The lowest BCUT2D eigenvalue weighted by atomic mass is 10.0. The molecular weight excluding hydrogens is 316 g/mol. The molecule has 2 aromatic carbocycles. The number of nitro groups is 1. The molecule has 0 spiro atoms. The number of carbonyl (C=O) groups excluding carboxylic acids is 1. The van der Waals surface area contributed by atoms with Crippen LogP contribution < -0.4 is 5.32 Å². The molecule has 1 aliphatic heterocycles. The zero-order valence-corrected chi connectivity index (χ0v) is 12.8. The van der Waals surface area contributed by atoms with E-state index in [0.717, 1.165) is 16.8 Å². The summed E-state index contributed by atoms with van der Waals surface area (Å²) in [7, 11) is 0. The molecule has 0 radical (unpaired) electrons. The summed E-state index contributed by atoms with van der Waals surface area (Å²) >= 11 is 5.77. The van der Waals surface area contributed by atoms with Gasteiger partial charge in [0.15, 0.2) is 0 Å². The lowest BCUT2D eigenvalue weighted by Gasteiger charge is -2.03. The van der Waals surface area contributed by atoms with Gasteiger partial charge in [-0.3, -0.25) is 14.9 Å². The van der Waals surface area contributed by atoms with Crippen molar-refractivity contribution in [2.45, 2.75) is 6.42 Å². The highest BCUT2D eigenvalue weighted by atomic mass is 35.5. The maximum absolute atomic E-state index is 12.2. The van der Waals surface area contributed by atoms with Gasteiger partial charge in [0.2, 0.25) is 0 Å². The standard InChI is InChI=1S/C17H13ClN2O3/c18-7-6-11-4-5-16-14(9-11)15(17(21)19-16)10-12-2-1-3-13(8-12)20(22)23/h1-5,8-10H,6-7H2,(H,19,21). The third-order valence-electron chi connectivity index (χ3n) is 3.64. The van der Waals surface area contributed by atoms with Crippen molar-refractivity contribution in [2.24, 2.45) is 0 Å². The number of nitrogens with zero attached hydrogens (tertiary/aromatic N) is 1. The first kappa shape index (κ1) is 15.2. The van der Waals surface area contributed by atoms with Crippen molar-refractivity contribution in [3.8, 4) is 0 Å². The van der Waals surface area contributed by atoms with Crippen molar-refractivity contribution in [1.29, 1.82) is 0 Å². The first-order valence-corrected chi connectivity index (χ1v) is 7.58. The number of nitrogens with one attached hydrogen (secondary N) is 1. The predicted octanol–water partition coefficient (Wildman–Crippen LogP) is 3.87. The number of anilines is 1. The molecule has 0 saturated heterocycles. The van der Waals surface area contributed by atoms with E-state index in [-0.39, 0.29) is 11.6 Å². The van der Waals surface area contributed by atoms with Gasteiger partial charge < -0.3 is 5.32 Å². The second-order valence-electron chi connectivity index (χ2n) is 5.18. The van der Waals surface area contributed by atoms with E-state index in [1.807, 2.05) is 18.2 Å². The van der Waals surface area contributed by atoms with Crippen LogP contribution in [0.4, 0.5) is 11.4 Å². The average molecular weight is 329 g/mol. The second-order valence-corrected chi connectivity index (χ2v) is 5.56. The topological polar surface area (TPSA) is 72.2 Å². The molecule has 1 aliphatic rings. The van der Waals surface area contributed by atoms with Crippen LogP contribution in [-0.2, 0) is 11.2 Å². The van der Waals surface area contributed by atoms with Crippen LogP contribution >= 0.6 is 11.6 Å². The number of non-ortho nitro benzene ring substituents is 1. The van der Waals surface area contributed by atoms with Gasteiger partial charge in [0.05, 0.1) is 4.92 Å². The molecule has 0 fully saturated rings. The number of benzene rings is 2. The van der Waals surface area contributed by atoms with Crippen molar-refractivity contribution in [3.05, 3.63) is 69.3 Å². The molecule has 5 nitrogen and oxygen atoms in total. The Kier molecular flexibility index (Phi) is 4.12. The summed E-state index contributed by atoms with van der Waals surface area (Å²) < 4.78 is 0. The monoisotopic (exact) mass is 328 g/mol. The first-order chi connectivity index (χ1) is 11.1. The minimum atomic E-state index is -0.455. The van der Waals surface area contributed by atoms with Crippen LogP contribution in [-0.4, -0.2) is 16.7 Å². The number of aryl methyl sites for hydroxylation is 1. The highest BCUT2D eigenvalue weighted by Gasteiger charge is 2.24. The molecule has 0 bridgehead atoms. The van der Waals surface area contributed by atoms with Crippen LogP contribution in [0.2, 0.25) is 0 Å². The van der Waals surface area contributed by atoms with Crippen molar-refractivity contribution in [2.75, 3.05) is 11.2 Å². The van der Waals surface area contributed by atoms with E-state index in [0.29, 0.717) is 23.4 Å². The molecule has 23 heavy (non-hydrogen) atoms. The molecule has 0 unspecified atom stereocenters. The summed E-state index contributed by atoms with van der Waals surface area (Å²) in [4.78, 5) is 22.6. The molecule has 6 heteroatoms. The average Bonchev–Trinajstić information content (AvgIpc) is 2.84. The summed E-state index contributed by atoms with van der Waals surface area (Å²) in [5.41, 5.74) is 3.68. The maximum atomic E-state index is 12.2. The number of amides is 1. The van der Waals surface area contributed by atoms with Crippen LogP contribution in [0.1, 0.15) is 16.7 Å². The number of halogens is 1. The van der Waals surface area contributed by atoms with E-state index in [1.165, 1.54) is 12.1 Å². The lowest BCUT2D eigenvalue weighted by Crippen LogP contribution is -2.03. The molecular formula is C17H13ClN2O3. The van der Waals surface area contributed by atoms with Gasteiger partial charge in [-0.15, -0.1) is 11.6 Å². The molecule has 1 amide bonds. The molecule has 0 aromatic heterocycles. The predicted molar refractivity (Wildman–Crippen MR) is 90.5 cm³/mol. The first-order valence-electron chi connectivity index (χ1n) is 7.05. The van der Waals surface area contributed by atoms with Gasteiger partial charge >= 0.3 is 0 Å². The molecule has 2 aromatic rings. The number of fused-ring (bicyclic) bond motifs is 1. The Balaban J connectivity index is 2.04. The van der Waals surface area contributed by atoms with Crippen molar-refractivity contribution < 1.29 is 9.72 Å². The van der Waals surface area contributed by atoms with Crippen molar-refractivity contribution in [1.82, 2.24) is 0 Å². The lowest BCUT2D eigenvalue weighted by molar-refractivity contribution is -0.384. The number of nitro benzene ring substituents is 1. The van der Waals surface area contributed by atoms with Crippen molar-refractivity contribution in [3.63, 3.8) is 0 Å². The third-order valence-corrected chi connectivity index (χ3v) is 3.83. The molecule has 0 saturated carbocycles. The normalized spacial score (nSPS) is 14.7. The number of carbonyl (C=O) groups is 1. The Morgan fingerprint density at radius 3 is 2.78 bits per heavy atom. The summed E-state index contributed by atoms with van der Waals surface area (Å²) in [6, 6.07) is 11.9. The smallest absolute Gasteiger partial charge is 0.270 e. The summed E-state index contributed by atoms with van der Waals surface area (Å²) in [5, 5.41) is 13.7. The quantitative estimate of drug-likeness (QED) is 0.401. The van der Waals surface area contributed by atoms with Gasteiger partial charge in [-0.1, -0.05) is 18.2 Å². The number of hydrogen-bond acceptors (Lipinski definition) is 3. The van der Waals surface area contributed by atoms with E-state index in [4.69, 9.17) is 11.6 Å². The van der Waals surface area contributed by atoms with Gasteiger partial charge in [0.1, 0.15) is 0 Å². The Labute approximate surface area is 137 Å². The van der Waals surface area contributed by atoms with Gasteiger partial charge in [-0.2, -0.15) is 0 Å². The largest absolute Gasteiger partial charge is 0.321 e. The Morgan fingerprint density at radius 1 is 1.22 bits per heavy atom. The van der Waals surface area contributed by atoms with E-state index in [9.17, 15) is 14.9 Å². The fourth-order valence-electron chi connectivity index (χ4n) is 2.54. The molecule has 0 aliphatic carbocycles. The van der Waals surface area contributed by atoms with Crippen LogP contribution in [0.5, 0.6) is 0 Å². The van der Waals surface area contributed by atoms with Crippen LogP contribution in [0.3, 0.4) is 0 Å². The Hall–Kier alpha value is -2.66. The second kappa shape index (κ2) is 6.22. The Bertz CT molecular complexity index is 830.